The van der Waals surface area contributed by atoms with Gasteiger partial charge in [0.25, 0.3) is 11.8 Å². The number of hydrogen-bond acceptors (Lipinski definition) is 4. The molecule has 0 atom stereocenters. The molecular formula is C22H25BrN2O4. The summed E-state index contributed by atoms with van der Waals surface area (Å²) in [7, 11) is 1.56. The van der Waals surface area contributed by atoms with Crippen molar-refractivity contribution >= 4 is 33.8 Å². The number of halogens is 1. The van der Waals surface area contributed by atoms with Crippen LogP contribution in [0.15, 0.2) is 53.0 Å². The summed E-state index contributed by atoms with van der Waals surface area (Å²) in [6.45, 7) is 6.12. The summed E-state index contributed by atoms with van der Waals surface area (Å²) in [5, 5.41) is 0. The van der Waals surface area contributed by atoms with Crippen molar-refractivity contribution in [3.05, 3.63) is 64.1 Å². The van der Waals surface area contributed by atoms with Crippen molar-refractivity contribution in [2.24, 2.45) is 0 Å². The third-order valence-electron chi connectivity index (χ3n) is 4.03. The molecule has 2 rings (SSSR count). The molecule has 0 aromatic heterocycles. The second-order valence-corrected chi connectivity index (χ2v) is 8.15. The highest BCUT2D eigenvalue weighted by atomic mass is 79.9. The molecule has 0 aliphatic rings. The predicted octanol–water partition coefficient (Wildman–Crippen LogP) is 3.99. The molecule has 0 saturated heterocycles. The average molecular weight is 461 g/mol. The summed E-state index contributed by atoms with van der Waals surface area (Å²) < 4.78 is 11.5. The van der Waals surface area contributed by atoms with Crippen LogP contribution in [0, 0.1) is 0 Å². The Bertz CT molecular complexity index is 904. The second kappa shape index (κ2) is 10.1. The van der Waals surface area contributed by atoms with Gasteiger partial charge in [0.1, 0.15) is 11.5 Å². The Balaban J connectivity index is 1.82. The molecule has 7 heteroatoms. The van der Waals surface area contributed by atoms with Crippen LogP contribution >= 0.6 is 15.9 Å². The maximum atomic E-state index is 11.9. The molecule has 2 aromatic carbocycles. The maximum absolute atomic E-state index is 11.9. The summed E-state index contributed by atoms with van der Waals surface area (Å²) in [5.41, 5.74) is 6.54. The number of para-hydroxylation sites is 1. The first-order valence-electron chi connectivity index (χ1n) is 9.03. The molecule has 0 radical (unpaired) electrons. The molecule has 6 nitrogen and oxygen atoms in total. The Labute approximate surface area is 179 Å². The summed E-state index contributed by atoms with van der Waals surface area (Å²) >= 11 is 3.46. The number of nitrogens with one attached hydrogen (secondary N) is 2. The smallest absolute Gasteiger partial charge is 0.276 e. The van der Waals surface area contributed by atoms with E-state index < -0.39 is 11.8 Å². The van der Waals surface area contributed by atoms with Crippen LogP contribution in [0.3, 0.4) is 0 Å². The molecule has 0 bridgehead atoms. The van der Waals surface area contributed by atoms with Crippen molar-refractivity contribution in [2.45, 2.75) is 26.2 Å². The highest BCUT2D eigenvalue weighted by Crippen LogP contribution is 2.31. The zero-order valence-electron chi connectivity index (χ0n) is 16.9. The lowest BCUT2D eigenvalue weighted by Crippen LogP contribution is -2.43. The maximum Gasteiger partial charge on any atom is 0.276 e. The number of methoxy groups -OCH3 is 1. The van der Waals surface area contributed by atoms with Crippen LogP contribution in [0.1, 0.15) is 31.9 Å². The number of carbonyl (C=O) groups excluding carboxylic acids is 2. The van der Waals surface area contributed by atoms with Crippen molar-refractivity contribution in [3.8, 4) is 11.5 Å². The molecule has 154 valence electrons. The number of benzene rings is 2. The van der Waals surface area contributed by atoms with E-state index in [4.69, 9.17) is 9.47 Å². The Kier molecular flexibility index (Phi) is 7.84. The van der Waals surface area contributed by atoms with Crippen molar-refractivity contribution < 1.29 is 19.1 Å². The minimum absolute atomic E-state index is 0.0139. The number of hydrazine groups is 1. The number of carbonyl (C=O) groups is 2. The van der Waals surface area contributed by atoms with E-state index in [0.717, 1.165) is 15.6 Å². The lowest BCUT2D eigenvalue weighted by Gasteiger charge is -2.20. The fourth-order valence-electron chi connectivity index (χ4n) is 2.41. The monoisotopic (exact) mass is 460 g/mol. The Hall–Kier alpha value is -2.80. The molecule has 2 aromatic rings. The van der Waals surface area contributed by atoms with Crippen LogP contribution in [0.2, 0.25) is 0 Å². The highest BCUT2D eigenvalue weighted by molar-refractivity contribution is 9.10. The number of hydrogen-bond donors (Lipinski definition) is 2. The van der Waals surface area contributed by atoms with Gasteiger partial charge in [-0.25, -0.2) is 0 Å². The second-order valence-electron chi connectivity index (χ2n) is 7.30. The van der Waals surface area contributed by atoms with Gasteiger partial charge in [-0.3, -0.25) is 20.4 Å². The van der Waals surface area contributed by atoms with E-state index in [9.17, 15) is 9.59 Å². The topological polar surface area (TPSA) is 76.7 Å². The van der Waals surface area contributed by atoms with Crippen LogP contribution in [-0.2, 0) is 15.0 Å². The predicted molar refractivity (Wildman–Crippen MR) is 117 cm³/mol. The van der Waals surface area contributed by atoms with Gasteiger partial charge in [-0.1, -0.05) is 45.0 Å². The van der Waals surface area contributed by atoms with Crippen molar-refractivity contribution in [1.29, 1.82) is 0 Å². The molecule has 0 aliphatic heterocycles. The fraction of sp³-hybridized carbons (Fsp3) is 0.273. The van der Waals surface area contributed by atoms with E-state index in [1.807, 2.05) is 36.4 Å². The average Bonchev–Trinajstić information content (AvgIpc) is 2.69. The number of ether oxygens (including phenoxy) is 2. The Morgan fingerprint density at radius 1 is 1.07 bits per heavy atom. The molecule has 0 fully saturated rings. The van der Waals surface area contributed by atoms with Crippen molar-refractivity contribution in [1.82, 2.24) is 10.9 Å². The summed E-state index contributed by atoms with van der Waals surface area (Å²) in [4.78, 5) is 23.8. The first-order chi connectivity index (χ1) is 13.7. The quantitative estimate of drug-likeness (QED) is 0.504. The lowest BCUT2D eigenvalue weighted by atomic mass is 9.87. The summed E-state index contributed by atoms with van der Waals surface area (Å²) in [5.74, 6) is 0.253. The van der Waals surface area contributed by atoms with Crippen molar-refractivity contribution in [3.63, 3.8) is 0 Å². The Morgan fingerprint density at radius 3 is 2.45 bits per heavy atom. The standard InChI is InChI=1S/C22H25BrN2O4/c1-22(2,3)16-10-11-19(17(23)13-16)29-14-21(27)25-24-20(26)12-9-15-7-5-6-8-18(15)28-4/h5-13H,14H2,1-4H3,(H,24,26)(H,25,27)/b12-9-. The molecule has 0 spiro atoms. The molecule has 0 aliphatic carbocycles. The van der Waals surface area contributed by atoms with Gasteiger partial charge in [-0.15, -0.1) is 0 Å². The first kappa shape index (κ1) is 22.5. The van der Waals surface area contributed by atoms with Gasteiger partial charge in [-0.2, -0.15) is 0 Å². The van der Waals surface area contributed by atoms with Crippen LogP contribution < -0.4 is 20.3 Å². The minimum Gasteiger partial charge on any atom is -0.496 e. The zero-order chi connectivity index (χ0) is 21.4. The van der Waals surface area contributed by atoms with Crippen LogP contribution in [0.4, 0.5) is 0 Å². The molecule has 2 amide bonds. The van der Waals surface area contributed by atoms with E-state index in [0.29, 0.717) is 11.5 Å². The van der Waals surface area contributed by atoms with Crippen LogP contribution in [-0.4, -0.2) is 25.5 Å². The lowest BCUT2D eigenvalue weighted by molar-refractivity contribution is -0.128. The Morgan fingerprint density at radius 2 is 1.79 bits per heavy atom. The van der Waals surface area contributed by atoms with E-state index in [1.165, 1.54) is 6.08 Å². The summed E-state index contributed by atoms with van der Waals surface area (Å²) in [6, 6.07) is 13.0. The van der Waals surface area contributed by atoms with Gasteiger partial charge in [0.2, 0.25) is 0 Å². The third-order valence-corrected chi connectivity index (χ3v) is 4.65. The van der Waals surface area contributed by atoms with Gasteiger partial charge in [0, 0.05) is 11.6 Å². The SMILES string of the molecule is COc1ccccc1/C=C\C(=O)NNC(=O)COc1ccc(C(C)(C)C)cc1Br. The van der Waals surface area contributed by atoms with E-state index in [2.05, 4.69) is 47.6 Å². The highest BCUT2D eigenvalue weighted by Gasteiger charge is 2.15. The molecule has 29 heavy (non-hydrogen) atoms. The van der Waals surface area contributed by atoms with Crippen molar-refractivity contribution in [2.75, 3.05) is 13.7 Å². The van der Waals surface area contributed by atoms with Crippen LogP contribution in [0.5, 0.6) is 11.5 Å². The van der Waals surface area contributed by atoms with E-state index in [-0.39, 0.29) is 12.0 Å². The minimum atomic E-state index is -0.476. The van der Waals surface area contributed by atoms with Gasteiger partial charge in [0.05, 0.1) is 11.6 Å². The number of rotatable bonds is 6. The summed E-state index contributed by atoms with van der Waals surface area (Å²) in [6.07, 6.45) is 2.91. The number of amides is 2. The largest absolute Gasteiger partial charge is 0.496 e. The van der Waals surface area contributed by atoms with E-state index in [1.54, 1.807) is 19.3 Å². The first-order valence-corrected chi connectivity index (χ1v) is 9.83. The van der Waals surface area contributed by atoms with Gasteiger partial charge in [0.15, 0.2) is 6.61 Å². The van der Waals surface area contributed by atoms with Crippen LogP contribution in [0.25, 0.3) is 6.08 Å². The van der Waals surface area contributed by atoms with Gasteiger partial charge in [-0.05, 0) is 51.2 Å². The van der Waals surface area contributed by atoms with Gasteiger partial charge >= 0.3 is 0 Å². The fourth-order valence-corrected chi connectivity index (χ4v) is 2.90. The van der Waals surface area contributed by atoms with Gasteiger partial charge < -0.3 is 9.47 Å². The third kappa shape index (κ3) is 6.94. The normalized spacial score (nSPS) is 11.2. The van der Waals surface area contributed by atoms with E-state index >= 15 is 0 Å². The molecule has 0 heterocycles. The molecular weight excluding hydrogens is 436 g/mol. The molecule has 0 saturated carbocycles. The zero-order valence-corrected chi connectivity index (χ0v) is 18.5. The molecule has 0 unspecified atom stereocenters. The molecule has 2 N–H and O–H groups in total.